The van der Waals surface area contributed by atoms with Gasteiger partial charge in [-0.3, -0.25) is 0 Å². The van der Waals surface area contributed by atoms with Crippen molar-refractivity contribution in [2.45, 2.75) is 6.55 Å². The first-order valence-electron chi connectivity index (χ1n) is 1.27. The van der Waals surface area contributed by atoms with Crippen molar-refractivity contribution in [3.05, 3.63) is 0 Å². The van der Waals surface area contributed by atoms with Gasteiger partial charge in [-0.15, -0.1) is 0 Å². The van der Waals surface area contributed by atoms with Crippen LogP contribution in [0.15, 0.2) is 0 Å². The summed E-state index contributed by atoms with van der Waals surface area (Å²) >= 11 is 7.38. The summed E-state index contributed by atoms with van der Waals surface area (Å²) in [7, 11) is 1.31. The van der Waals surface area contributed by atoms with E-state index in [1.54, 1.807) is 0 Å². The van der Waals surface area contributed by atoms with E-state index in [4.69, 9.17) is 0 Å². The second-order valence-corrected chi connectivity index (χ2v) is 3.31. The Kier molecular flexibility index (Phi) is 69.7. The Labute approximate surface area is 73.0 Å². The van der Waals surface area contributed by atoms with Crippen molar-refractivity contribution in [1.29, 1.82) is 0 Å². The zero-order chi connectivity index (χ0) is 4.71. The molecule has 0 heterocycles. The molecule has 0 amide bonds. The molecule has 6 heavy (non-hydrogen) atoms. The van der Waals surface area contributed by atoms with Gasteiger partial charge >= 0.3 is 39.7 Å². The molecule has 0 unspecified atom stereocenters. The third-order valence-corrected chi connectivity index (χ3v) is 0. The van der Waals surface area contributed by atoms with Gasteiger partial charge in [0.15, 0.2) is 17.4 Å². The van der Waals surface area contributed by atoms with Gasteiger partial charge in [0.05, 0.1) is 0 Å². The molecule has 43 valence electrons. The van der Waals surface area contributed by atoms with Crippen molar-refractivity contribution in [2.24, 2.45) is 0 Å². The van der Waals surface area contributed by atoms with Crippen molar-refractivity contribution in [1.82, 2.24) is 0 Å². The molecule has 0 N–H and O–H groups in total. The first-order chi connectivity index (χ1) is 2.41. The van der Waals surface area contributed by atoms with E-state index in [9.17, 15) is 0 Å². The van der Waals surface area contributed by atoms with Crippen LogP contribution in [-0.4, -0.2) is 27.6 Å². The van der Waals surface area contributed by atoms with Crippen LogP contribution in [0.4, 0.5) is 0 Å². The van der Waals surface area contributed by atoms with Crippen LogP contribution in [0.25, 0.3) is 0 Å². The molecule has 0 fully saturated rings. The van der Waals surface area contributed by atoms with Gasteiger partial charge in [-0.25, -0.2) is 0 Å². The zero-order valence-electron chi connectivity index (χ0n) is 3.09. The summed E-state index contributed by atoms with van der Waals surface area (Å²) in [5.74, 6) is 0. The minimum atomic E-state index is 0. The van der Waals surface area contributed by atoms with Crippen molar-refractivity contribution < 1.29 is 39.7 Å². The predicted octanol–water partition coefficient (Wildman–Crippen LogP) is -1.79. The average molecular weight is 243 g/mol. The Balaban J connectivity index is -0.0000000275. The molecule has 0 aromatic heterocycles. The third-order valence-electron chi connectivity index (χ3n) is 0. The number of hydrogen-bond donors (Lipinski definition) is 0. The van der Waals surface area contributed by atoms with Crippen LogP contribution >= 0.6 is 0 Å². The van der Waals surface area contributed by atoms with Gasteiger partial charge in [-0.2, -0.15) is 0 Å². The van der Waals surface area contributed by atoms with Gasteiger partial charge in [0.2, 0.25) is 0 Å². The van der Waals surface area contributed by atoms with Crippen LogP contribution in [0, 0.1) is 0 Å². The maximum absolute atomic E-state index is 3.41. The fraction of sp³-hybridized carbons (Fsp3) is 1.00. The molecule has 0 aliphatic rings. The van der Waals surface area contributed by atoms with Crippen molar-refractivity contribution in [3.63, 3.8) is 0 Å². The summed E-state index contributed by atoms with van der Waals surface area (Å²) < 4.78 is 0. The topological polar surface area (TPSA) is 0 Å². The standard InChI is InChI=1S/CH6Si.Al.2Fe.Mn.3H/c1-2;;;;;;;/h1-2H3;;;;;;;. The summed E-state index contributed by atoms with van der Waals surface area (Å²) in [6, 6.07) is 0. The monoisotopic (exact) mass is 243 g/mol. The van der Waals surface area contributed by atoms with Crippen LogP contribution in [0.1, 0.15) is 0 Å². The number of rotatable bonds is 0. The summed E-state index contributed by atoms with van der Waals surface area (Å²) in [6.45, 7) is 2.14. The molecular weight excluding hydrogens is 234 g/mol. The van der Waals surface area contributed by atoms with Crippen LogP contribution < -0.4 is 0 Å². The van der Waals surface area contributed by atoms with Gasteiger partial charge in [-0.05, 0) is 10.2 Å². The molecule has 0 radical (unpaired) electrons. The fourth-order valence-corrected chi connectivity index (χ4v) is 0. The van der Waals surface area contributed by atoms with Gasteiger partial charge in [0.1, 0.15) is 0 Å². The van der Waals surface area contributed by atoms with Crippen molar-refractivity contribution in [2.75, 3.05) is 0 Å². The Bertz CT molecular complexity index is 13.5. The maximum atomic E-state index is 3.41. The quantitative estimate of drug-likeness (QED) is 0.441. The van der Waals surface area contributed by atoms with Crippen LogP contribution in [-0.2, 0) is 39.7 Å². The molecule has 0 spiro atoms. The molecule has 0 aromatic rings. The average Bonchev–Trinajstić information content (AvgIpc) is 1.46. The molecule has 0 bridgehead atoms. The predicted molar refractivity (Wildman–Crippen MR) is 25.7 cm³/mol. The molecule has 0 aliphatic heterocycles. The number of hydrogen-bond acceptors (Lipinski definition) is 0. The fourth-order valence-electron chi connectivity index (χ4n) is 0. The molecule has 0 aromatic carbocycles. The zero-order valence-corrected chi connectivity index (χ0v) is 8.47. The molecule has 0 saturated carbocycles. The van der Waals surface area contributed by atoms with Crippen molar-refractivity contribution >= 4 is 27.6 Å². The normalized spacial score (nSPS) is 4.50. The van der Waals surface area contributed by atoms with Gasteiger partial charge in [0, 0.05) is 0 Å². The van der Waals surface area contributed by atoms with Crippen LogP contribution in [0.3, 0.4) is 0 Å². The van der Waals surface area contributed by atoms with Gasteiger partial charge in [-0.1, -0.05) is 6.55 Å². The van der Waals surface area contributed by atoms with E-state index in [0.29, 0.717) is 11.3 Å². The summed E-state index contributed by atoms with van der Waals surface area (Å²) in [5, 5.41) is 0. The van der Waals surface area contributed by atoms with Crippen LogP contribution in [0.2, 0.25) is 6.55 Å². The molecule has 0 nitrogen and oxygen atoms in total. The Hall–Kier alpha value is 2.31. The molecular formula is CH9AlFe2MnSi. The van der Waals surface area contributed by atoms with Crippen molar-refractivity contribution in [3.8, 4) is 0 Å². The van der Waals surface area contributed by atoms with E-state index in [0.717, 1.165) is 0 Å². The first-order valence-corrected chi connectivity index (χ1v) is 7.54. The Morgan fingerprint density at radius 3 is 1.33 bits per heavy atom. The van der Waals surface area contributed by atoms with Gasteiger partial charge in [0.25, 0.3) is 0 Å². The minimum absolute atomic E-state index is 0. The summed E-state index contributed by atoms with van der Waals surface area (Å²) in [5.41, 5.74) is 0. The van der Waals surface area contributed by atoms with Crippen LogP contribution in [0.5, 0.6) is 0 Å². The van der Waals surface area contributed by atoms with E-state index < -0.39 is 0 Å². The molecule has 5 heteroatoms. The molecule has 0 rings (SSSR count). The Morgan fingerprint density at radius 2 is 1.33 bits per heavy atom. The summed E-state index contributed by atoms with van der Waals surface area (Å²) in [4.78, 5) is 0. The second-order valence-electron chi connectivity index (χ2n) is 0.0472. The molecule has 0 aliphatic carbocycles. The Morgan fingerprint density at radius 1 is 1.33 bits per heavy atom. The van der Waals surface area contributed by atoms with E-state index in [-0.39, 0.29) is 17.4 Å². The third kappa shape index (κ3) is 33.4. The van der Waals surface area contributed by atoms with E-state index in [1.807, 2.05) is 0 Å². The molecule has 0 saturated heterocycles. The van der Waals surface area contributed by atoms with E-state index >= 15 is 0 Å². The SMILES string of the molecule is C[SiH3].[AlH3].[Fe][Mn][Fe]. The second kappa shape index (κ2) is 26.6. The van der Waals surface area contributed by atoms with E-state index in [2.05, 4.69) is 34.9 Å². The summed E-state index contributed by atoms with van der Waals surface area (Å²) in [6.07, 6.45) is 0. The first kappa shape index (κ1) is 15.7. The van der Waals surface area contributed by atoms with Gasteiger partial charge < -0.3 is 0 Å². The molecule has 0 atom stereocenters. The van der Waals surface area contributed by atoms with E-state index in [1.165, 1.54) is 10.2 Å².